The number of nitrogens with one attached hydrogen (secondary N) is 1. The zero-order chi connectivity index (χ0) is 15.4. The van der Waals surface area contributed by atoms with Gasteiger partial charge in [-0.2, -0.15) is 5.10 Å². The van der Waals surface area contributed by atoms with Crippen molar-refractivity contribution in [1.82, 2.24) is 9.78 Å². The predicted octanol–water partition coefficient (Wildman–Crippen LogP) is 3.49. The van der Waals surface area contributed by atoms with Gasteiger partial charge in [-0.25, -0.2) is 0 Å². The average Bonchev–Trinajstić information content (AvgIpc) is 3.02. The number of aryl methyl sites for hydroxylation is 1. The Kier molecular flexibility index (Phi) is 4.01. The van der Waals surface area contributed by atoms with Crippen molar-refractivity contribution in [1.29, 1.82) is 0 Å². The van der Waals surface area contributed by atoms with Crippen molar-refractivity contribution in [3.05, 3.63) is 83.7 Å². The normalized spacial score (nSPS) is 10.4. The van der Waals surface area contributed by atoms with Gasteiger partial charge in [-0.15, -0.1) is 0 Å². The van der Waals surface area contributed by atoms with E-state index in [1.807, 2.05) is 72.4 Å². The number of aromatic nitrogens is 2. The van der Waals surface area contributed by atoms with Crippen LogP contribution in [-0.2, 0) is 6.54 Å². The highest BCUT2D eigenvalue weighted by Gasteiger charge is 2.09. The van der Waals surface area contributed by atoms with Gasteiger partial charge in [0.15, 0.2) is 0 Å². The molecule has 0 saturated carbocycles. The smallest absolute Gasteiger partial charge is 0.255 e. The number of anilines is 1. The Hall–Kier alpha value is -2.88. The summed E-state index contributed by atoms with van der Waals surface area (Å²) in [4.78, 5) is 12.4. The number of rotatable bonds is 4. The number of amides is 1. The molecule has 0 radical (unpaired) electrons. The molecule has 22 heavy (non-hydrogen) atoms. The standard InChI is InChI=1S/C18H17N3O/c1-14-6-4-8-15(12-14)18(22)20-17-9-3-2-7-16(17)13-21-11-5-10-19-21/h2-12H,13H2,1H3,(H,20,22). The molecule has 1 amide bonds. The number of para-hydroxylation sites is 1. The molecule has 0 aliphatic carbocycles. The topological polar surface area (TPSA) is 46.9 Å². The number of nitrogens with zero attached hydrogens (tertiary/aromatic N) is 2. The van der Waals surface area contributed by atoms with E-state index in [-0.39, 0.29) is 5.91 Å². The summed E-state index contributed by atoms with van der Waals surface area (Å²) in [6.45, 7) is 2.60. The molecule has 1 N–H and O–H groups in total. The molecular formula is C18H17N3O. The number of carbonyl (C=O) groups is 1. The summed E-state index contributed by atoms with van der Waals surface area (Å²) < 4.78 is 1.83. The molecule has 4 heteroatoms. The summed E-state index contributed by atoms with van der Waals surface area (Å²) in [6, 6.07) is 17.2. The molecule has 0 aliphatic heterocycles. The average molecular weight is 291 g/mol. The first-order valence-electron chi connectivity index (χ1n) is 7.16. The van der Waals surface area contributed by atoms with Crippen molar-refractivity contribution in [3.63, 3.8) is 0 Å². The van der Waals surface area contributed by atoms with Gasteiger partial charge < -0.3 is 5.32 Å². The van der Waals surface area contributed by atoms with Gasteiger partial charge in [-0.05, 0) is 36.8 Å². The van der Waals surface area contributed by atoms with E-state index in [0.29, 0.717) is 12.1 Å². The van der Waals surface area contributed by atoms with Gasteiger partial charge in [0.05, 0.1) is 6.54 Å². The van der Waals surface area contributed by atoms with Crippen molar-refractivity contribution < 1.29 is 4.79 Å². The largest absolute Gasteiger partial charge is 0.322 e. The van der Waals surface area contributed by atoms with Crippen LogP contribution in [0.25, 0.3) is 0 Å². The van der Waals surface area contributed by atoms with Gasteiger partial charge in [-0.1, -0.05) is 35.9 Å². The molecule has 3 rings (SSSR count). The van der Waals surface area contributed by atoms with E-state index in [9.17, 15) is 4.79 Å². The monoisotopic (exact) mass is 291 g/mol. The first-order valence-corrected chi connectivity index (χ1v) is 7.16. The van der Waals surface area contributed by atoms with Crippen molar-refractivity contribution in [3.8, 4) is 0 Å². The summed E-state index contributed by atoms with van der Waals surface area (Å²) in [6.07, 6.45) is 3.65. The van der Waals surface area contributed by atoms with E-state index in [2.05, 4.69) is 10.4 Å². The molecule has 0 unspecified atom stereocenters. The van der Waals surface area contributed by atoms with Crippen LogP contribution in [0.1, 0.15) is 21.5 Å². The lowest BCUT2D eigenvalue weighted by Gasteiger charge is -2.11. The minimum absolute atomic E-state index is 0.100. The summed E-state index contributed by atoms with van der Waals surface area (Å²) in [7, 11) is 0. The Morgan fingerprint density at radius 3 is 2.77 bits per heavy atom. The molecule has 0 bridgehead atoms. The lowest BCUT2D eigenvalue weighted by molar-refractivity contribution is 0.102. The molecule has 0 spiro atoms. The number of carbonyl (C=O) groups excluding carboxylic acids is 1. The zero-order valence-electron chi connectivity index (χ0n) is 12.4. The summed E-state index contributed by atoms with van der Waals surface area (Å²) >= 11 is 0. The molecule has 0 aliphatic rings. The van der Waals surface area contributed by atoms with Gasteiger partial charge >= 0.3 is 0 Å². The molecule has 0 fully saturated rings. The lowest BCUT2D eigenvalue weighted by Crippen LogP contribution is -2.14. The van der Waals surface area contributed by atoms with Crippen LogP contribution in [0.4, 0.5) is 5.69 Å². The van der Waals surface area contributed by atoms with Crippen LogP contribution in [0.2, 0.25) is 0 Å². The maximum atomic E-state index is 12.4. The summed E-state index contributed by atoms with van der Waals surface area (Å²) in [5.41, 5.74) is 3.56. The molecule has 4 nitrogen and oxygen atoms in total. The predicted molar refractivity (Wildman–Crippen MR) is 86.9 cm³/mol. The van der Waals surface area contributed by atoms with Crippen molar-refractivity contribution in [2.45, 2.75) is 13.5 Å². The summed E-state index contributed by atoms with van der Waals surface area (Å²) in [5.74, 6) is -0.100. The maximum absolute atomic E-state index is 12.4. The lowest BCUT2D eigenvalue weighted by atomic mass is 10.1. The van der Waals surface area contributed by atoms with Crippen LogP contribution in [0.5, 0.6) is 0 Å². The van der Waals surface area contributed by atoms with Crippen molar-refractivity contribution >= 4 is 11.6 Å². The first-order chi connectivity index (χ1) is 10.7. The van der Waals surface area contributed by atoms with Gasteiger partial charge in [0.25, 0.3) is 5.91 Å². The Morgan fingerprint density at radius 1 is 1.14 bits per heavy atom. The van der Waals surface area contributed by atoms with Gasteiger partial charge in [0.2, 0.25) is 0 Å². The van der Waals surface area contributed by atoms with E-state index in [4.69, 9.17) is 0 Å². The van der Waals surface area contributed by atoms with E-state index >= 15 is 0 Å². The minimum Gasteiger partial charge on any atom is -0.322 e. The van der Waals surface area contributed by atoms with Crippen molar-refractivity contribution in [2.75, 3.05) is 5.32 Å². The number of hydrogen-bond donors (Lipinski definition) is 1. The SMILES string of the molecule is Cc1cccc(C(=O)Nc2ccccc2Cn2cccn2)c1. The third-order valence-corrected chi connectivity index (χ3v) is 3.44. The molecule has 110 valence electrons. The fourth-order valence-corrected chi connectivity index (χ4v) is 2.33. The molecular weight excluding hydrogens is 274 g/mol. The Balaban J connectivity index is 1.81. The fourth-order valence-electron chi connectivity index (χ4n) is 2.33. The highest BCUT2D eigenvalue weighted by Crippen LogP contribution is 2.17. The highest BCUT2D eigenvalue weighted by molar-refractivity contribution is 6.04. The molecule has 2 aromatic carbocycles. The Labute approximate surface area is 129 Å². The van der Waals surface area contributed by atoms with E-state index in [1.54, 1.807) is 6.20 Å². The van der Waals surface area contributed by atoms with Crippen LogP contribution in [0.15, 0.2) is 67.0 Å². The van der Waals surface area contributed by atoms with Crippen LogP contribution in [0.3, 0.4) is 0 Å². The van der Waals surface area contributed by atoms with E-state index < -0.39 is 0 Å². The molecule has 0 atom stereocenters. The minimum atomic E-state index is -0.100. The van der Waals surface area contributed by atoms with Crippen molar-refractivity contribution in [2.24, 2.45) is 0 Å². The fraction of sp³-hybridized carbons (Fsp3) is 0.111. The third-order valence-electron chi connectivity index (χ3n) is 3.44. The van der Waals surface area contributed by atoms with Crippen LogP contribution < -0.4 is 5.32 Å². The van der Waals surface area contributed by atoms with Gasteiger partial charge in [0.1, 0.15) is 0 Å². The quantitative estimate of drug-likeness (QED) is 0.800. The third kappa shape index (κ3) is 3.23. The van der Waals surface area contributed by atoms with E-state index in [1.165, 1.54) is 0 Å². The van der Waals surface area contributed by atoms with E-state index in [0.717, 1.165) is 16.8 Å². The second-order valence-corrected chi connectivity index (χ2v) is 5.18. The molecule has 0 saturated heterocycles. The second kappa shape index (κ2) is 6.26. The van der Waals surface area contributed by atoms with Gasteiger partial charge in [-0.3, -0.25) is 9.48 Å². The first kappa shape index (κ1) is 14.1. The number of hydrogen-bond acceptors (Lipinski definition) is 2. The molecule has 3 aromatic rings. The van der Waals surface area contributed by atoms with Crippen LogP contribution in [0, 0.1) is 6.92 Å². The van der Waals surface area contributed by atoms with Crippen LogP contribution in [-0.4, -0.2) is 15.7 Å². The zero-order valence-corrected chi connectivity index (χ0v) is 12.4. The van der Waals surface area contributed by atoms with Crippen LogP contribution >= 0.6 is 0 Å². The number of benzene rings is 2. The Morgan fingerprint density at radius 2 is 2.00 bits per heavy atom. The molecule has 1 heterocycles. The summed E-state index contributed by atoms with van der Waals surface area (Å²) in [5, 5.41) is 7.19. The van der Waals surface area contributed by atoms with Gasteiger partial charge in [0, 0.05) is 23.6 Å². The molecule has 1 aromatic heterocycles. The highest BCUT2D eigenvalue weighted by atomic mass is 16.1. The second-order valence-electron chi connectivity index (χ2n) is 5.18. The Bertz CT molecular complexity index is 779. The maximum Gasteiger partial charge on any atom is 0.255 e.